The van der Waals surface area contributed by atoms with Gasteiger partial charge in [0.2, 0.25) is 17.8 Å². The number of hydrogen-bond acceptors (Lipinski definition) is 27. The van der Waals surface area contributed by atoms with E-state index in [1.54, 1.807) is 72.0 Å². The molecule has 0 saturated heterocycles. The van der Waals surface area contributed by atoms with E-state index >= 15 is 0 Å². The second-order valence-electron chi connectivity index (χ2n) is 26.8. The number of nitrogens with two attached hydrogens (primary N) is 6. The molecule has 0 unspecified atom stereocenters. The molecule has 0 fully saturated rings. The summed E-state index contributed by atoms with van der Waals surface area (Å²) in [4.78, 5) is 159. The zero-order valence-corrected chi connectivity index (χ0v) is 65.7. The summed E-state index contributed by atoms with van der Waals surface area (Å²) >= 11 is 4.92. The number of nitrogen functional groups attached to an aromatic ring is 6. The van der Waals surface area contributed by atoms with Gasteiger partial charge in [0.1, 0.15) is 29.0 Å². The Bertz CT molecular complexity index is 5450. The number of carbonyl (C=O) groups is 2. The van der Waals surface area contributed by atoms with Gasteiger partial charge in [0, 0.05) is 115 Å². The van der Waals surface area contributed by atoms with Gasteiger partial charge in [0.15, 0.2) is 38.9 Å². The number of amides is 2. The lowest BCUT2D eigenvalue weighted by Crippen LogP contribution is -2.35. The number of imidazole rings is 3. The summed E-state index contributed by atoms with van der Waals surface area (Å²) in [7, 11) is 0. The lowest BCUT2D eigenvalue weighted by molar-refractivity contribution is -0.129. The van der Waals surface area contributed by atoms with Crippen LogP contribution in [0.4, 0.5) is 35.2 Å². The summed E-state index contributed by atoms with van der Waals surface area (Å²) in [6.45, 7) is 38.8. The van der Waals surface area contributed by atoms with Gasteiger partial charge in [-0.25, -0.2) is 44.1 Å². The van der Waals surface area contributed by atoms with E-state index in [0.717, 1.165) is 11.2 Å². The van der Waals surface area contributed by atoms with Crippen LogP contribution < -0.4 is 84.7 Å². The Kier molecular flexibility index (Phi) is 32.7. The molecule has 1 aliphatic heterocycles. The predicted molar refractivity (Wildman–Crippen MR) is 424 cm³/mol. The third kappa shape index (κ3) is 25.5. The van der Waals surface area contributed by atoms with E-state index in [4.69, 9.17) is 46.6 Å². The third-order valence-corrected chi connectivity index (χ3v) is 15.6. The van der Waals surface area contributed by atoms with Crippen LogP contribution in [0.1, 0.15) is 191 Å². The Morgan fingerprint density at radius 2 is 0.872 bits per heavy atom. The first-order chi connectivity index (χ1) is 50.9. The summed E-state index contributed by atoms with van der Waals surface area (Å²) in [6, 6.07) is 5.94. The molecule has 2 amide bonds. The van der Waals surface area contributed by atoms with Gasteiger partial charge >= 0.3 is 22.8 Å². The van der Waals surface area contributed by atoms with Gasteiger partial charge in [-0.15, -0.1) is 0 Å². The SMILES string of the molecule is CC(C)C1=CCC(=O)NC1=O.CC(C)n1ccc(=O)[nH]c1=O.CC(C)n1ccc(=O)[nH]c1=S.CC(C)n1ccc(N)nc1=O.CC(C)n1cnc2c(=O)[nH]c(N)nc21.CC(C)n1cnc2c(N)nc(N)nc21.CC(C)n1cnc2c(N)ncnc21.Cc1cn(C(C)C)c(=O)[nH]c1=O.Cc1cn(C(C)C)c(=O)nc1N. The number of imide groups is 1. The highest BCUT2D eigenvalue weighted by molar-refractivity contribution is 7.71. The van der Waals surface area contributed by atoms with Crippen molar-refractivity contribution in [1.82, 2.24) is 112 Å². The molecule has 109 heavy (non-hydrogen) atoms. The van der Waals surface area contributed by atoms with Crippen molar-refractivity contribution in [1.29, 1.82) is 0 Å². The largest absolute Gasteiger partial charge is 0.383 e. The maximum Gasteiger partial charge on any atom is 0.349 e. The number of fused-ring (bicyclic) bond motifs is 3. The van der Waals surface area contributed by atoms with Crippen LogP contribution in [0.25, 0.3) is 33.5 Å². The molecule has 588 valence electrons. The number of H-pyrrole nitrogens is 4. The van der Waals surface area contributed by atoms with Crippen molar-refractivity contribution in [3.05, 3.63) is 185 Å². The molecule has 0 aliphatic carbocycles. The van der Waals surface area contributed by atoms with E-state index in [0.29, 0.717) is 79.7 Å². The number of aromatic nitrogens is 22. The van der Waals surface area contributed by atoms with Gasteiger partial charge in [-0.3, -0.25) is 72.3 Å². The topological polar surface area (TPSA) is 570 Å². The fourth-order valence-electron chi connectivity index (χ4n) is 9.35. The molecule has 17 N–H and O–H groups in total. The zero-order valence-electron chi connectivity index (χ0n) is 64.9. The molecule has 0 saturated carbocycles. The first kappa shape index (κ1) is 88.7. The summed E-state index contributed by atoms with van der Waals surface area (Å²) in [5.41, 5.74) is 36.4. The Morgan fingerprint density at radius 1 is 0.413 bits per heavy atom. The molecule has 12 heterocycles. The number of hydrogen-bond donors (Lipinski definition) is 11. The fraction of sp³-hybridized carbons (Fsp3) is 0.435. The summed E-state index contributed by atoms with van der Waals surface area (Å²) in [5, 5.41) is 2.26. The highest BCUT2D eigenvalue weighted by Crippen LogP contribution is 2.21. The second kappa shape index (κ2) is 40.2. The van der Waals surface area contributed by atoms with Crippen molar-refractivity contribution in [3.8, 4) is 0 Å². The molecule has 0 atom stereocenters. The van der Waals surface area contributed by atoms with Crippen molar-refractivity contribution in [2.75, 3.05) is 34.4 Å². The van der Waals surface area contributed by atoms with Crippen LogP contribution in [-0.4, -0.2) is 118 Å². The van der Waals surface area contributed by atoms with Crippen molar-refractivity contribution in [3.63, 3.8) is 0 Å². The molecular formula is C69H101N29O10S. The number of anilines is 6. The van der Waals surface area contributed by atoms with Crippen molar-refractivity contribution >= 4 is 92.7 Å². The quantitative estimate of drug-likeness (QED) is 0.0617. The smallest absolute Gasteiger partial charge is 0.349 e. The fourth-order valence-corrected chi connectivity index (χ4v) is 9.72. The van der Waals surface area contributed by atoms with Crippen LogP contribution in [0.2, 0.25) is 0 Å². The Labute approximate surface area is 630 Å². The lowest BCUT2D eigenvalue weighted by Gasteiger charge is -2.14. The second-order valence-corrected chi connectivity index (χ2v) is 27.2. The monoisotopic (exact) mass is 1530 g/mol. The van der Waals surface area contributed by atoms with E-state index in [9.17, 15) is 47.9 Å². The molecule has 40 heteroatoms. The number of nitrogens with one attached hydrogen (secondary N) is 5. The molecule has 0 radical (unpaired) electrons. The summed E-state index contributed by atoms with van der Waals surface area (Å²) in [6.07, 6.45) is 16.7. The van der Waals surface area contributed by atoms with Gasteiger partial charge in [0.25, 0.3) is 28.1 Å². The molecule has 11 aromatic heterocycles. The molecular weight excluding hydrogens is 1430 g/mol. The Balaban J connectivity index is 0.000000259. The maximum absolute atomic E-state index is 11.4. The minimum atomic E-state index is -0.355. The Morgan fingerprint density at radius 3 is 1.37 bits per heavy atom. The van der Waals surface area contributed by atoms with Crippen molar-refractivity contribution < 1.29 is 9.59 Å². The van der Waals surface area contributed by atoms with Crippen molar-refractivity contribution in [2.45, 2.75) is 193 Å². The van der Waals surface area contributed by atoms with Crippen LogP contribution in [0.15, 0.2) is 124 Å². The van der Waals surface area contributed by atoms with Gasteiger partial charge in [0.05, 0.1) is 19.0 Å². The number of aryl methyl sites for hydroxylation is 2. The third-order valence-electron chi connectivity index (χ3n) is 15.3. The average Bonchev–Trinajstić information content (AvgIpc) is 1.68. The predicted octanol–water partition coefficient (Wildman–Crippen LogP) is 5.61. The molecule has 39 nitrogen and oxygen atoms in total. The first-order valence-corrected chi connectivity index (χ1v) is 34.9. The van der Waals surface area contributed by atoms with E-state index in [-0.39, 0.29) is 117 Å². The normalized spacial score (nSPS) is 11.6. The highest BCUT2D eigenvalue weighted by Gasteiger charge is 2.20. The molecule has 0 spiro atoms. The van der Waals surface area contributed by atoms with E-state index < -0.39 is 0 Å². The molecule has 0 aromatic carbocycles. The number of rotatable bonds is 9. The molecule has 1 aliphatic rings. The van der Waals surface area contributed by atoms with Crippen LogP contribution in [-0.2, 0) is 9.59 Å². The van der Waals surface area contributed by atoms with Crippen LogP contribution in [0, 0.1) is 24.5 Å². The molecule has 12 rings (SSSR count). The molecule has 11 aromatic rings. The number of carbonyl (C=O) groups excluding carboxylic acids is 2. The average molecular weight is 1530 g/mol. The van der Waals surface area contributed by atoms with Crippen molar-refractivity contribution in [2.24, 2.45) is 5.92 Å². The first-order valence-electron chi connectivity index (χ1n) is 34.5. The maximum atomic E-state index is 11.4. The summed E-state index contributed by atoms with van der Waals surface area (Å²) in [5.74, 6) is 1.39. The van der Waals surface area contributed by atoms with Gasteiger partial charge < -0.3 is 52.7 Å². The van der Waals surface area contributed by atoms with Gasteiger partial charge in [-0.2, -0.15) is 24.9 Å². The van der Waals surface area contributed by atoms with Crippen LogP contribution >= 0.6 is 12.2 Å². The van der Waals surface area contributed by atoms with Gasteiger partial charge in [-0.1, -0.05) is 19.9 Å². The lowest BCUT2D eigenvalue weighted by atomic mass is 9.99. The van der Waals surface area contributed by atoms with Crippen LogP contribution in [0.3, 0.4) is 0 Å². The highest BCUT2D eigenvalue weighted by atomic mass is 32.1. The minimum absolute atomic E-state index is 0.0769. The minimum Gasteiger partial charge on any atom is -0.383 e. The summed E-state index contributed by atoms with van der Waals surface area (Å²) < 4.78 is 14.0. The van der Waals surface area contributed by atoms with E-state index in [2.05, 4.69) is 88.9 Å². The standard InChI is InChI=1S/C8H12N6.C8H11N5O.C8H11N5.C8H13N3O.C8H12N2O2.C8H11NO2.C7H11N3O.C7H10N2O2.C7H10N2OS/c1-4(2)14-3-11-5-6(9)12-8(10)13-7(5)14;1-4(2)13-3-10-5-6(13)11-8(9)12-7(5)14;1-5(2)13-4-12-6-7(9)10-3-11-8(6)13;1-5(2)11-4-6(3)7(9)10-8(11)12;1-5(2)10-4-6(3)7(11)9-8(10)12;1-5(2)6-3-4-7(10)9-8(6)11;1-5(2)10-4-3-6(8)9-7(10)11;2*1-5(2)9-4-3-6(10)8-7(9)11/h3-4H,1-2H3,(H4,9,10,12,13);3-4H,1-2H3,(H3,9,11,12,14);3-5H,1-2H3,(H2,9,10,11);4-5H,1-3H3,(H2,9,10,12);4-5H,1-3H3,(H,9,11,12);3,5H,4H2,1-2H3,(H,9,10,11);3-5H,1-2H3,(H2,8,9,11);2*3-5H,1-2H3,(H,8,10,11). The Hall–Kier alpha value is -12.7. The van der Waals surface area contributed by atoms with Crippen LogP contribution in [0.5, 0.6) is 0 Å². The molecule has 0 bridgehead atoms. The van der Waals surface area contributed by atoms with Gasteiger partial charge in [-0.05, 0) is 149 Å². The van der Waals surface area contributed by atoms with E-state index in [1.165, 1.54) is 38.4 Å². The number of nitrogens with zero attached hydrogens (tertiary/aromatic N) is 18. The van der Waals surface area contributed by atoms with E-state index in [1.807, 2.05) is 131 Å². The zero-order chi connectivity index (χ0) is 82.3. The number of aromatic amines is 4.